The van der Waals surface area contributed by atoms with Gasteiger partial charge < -0.3 is 9.30 Å². The summed E-state index contributed by atoms with van der Waals surface area (Å²) in [6.07, 6.45) is 0. The van der Waals surface area contributed by atoms with Crippen molar-refractivity contribution in [1.29, 1.82) is 0 Å². The third-order valence-corrected chi connectivity index (χ3v) is 5.67. The van der Waals surface area contributed by atoms with Crippen molar-refractivity contribution in [3.05, 3.63) is 45.2 Å². The summed E-state index contributed by atoms with van der Waals surface area (Å²) in [6, 6.07) is 5.12. The van der Waals surface area contributed by atoms with Crippen LogP contribution in [-0.4, -0.2) is 46.7 Å². The van der Waals surface area contributed by atoms with Crippen molar-refractivity contribution in [3.8, 4) is 11.1 Å². The SMILES string of the molecule is CCOC(=O)c1c2c(n(C)c1CN(CC)CC)C(=O)C(=O)c1ccc(Br)cc1-2.Cl. The fourth-order valence-corrected chi connectivity index (χ4v) is 4.04. The van der Waals surface area contributed by atoms with Crippen LogP contribution >= 0.6 is 28.3 Å². The number of esters is 1. The van der Waals surface area contributed by atoms with Gasteiger partial charge in [-0.15, -0.1) is 12.4 Å². The second kappa shape index (κ2) is 9.24. The maximum Gasteiger partial charge on any atom is 0.340 e. The molecule has 1 aromatic heterocycles. The van der Waals surface area contributed by atoms with E-state index in [1.165, 1.54) is 0 Å². The standard InChI is InChI=1S/C21H23BrN2O4.ClH/c1-5-24(6-2)11-15-17(21(27)28-7-3)16-14-10-12(22)8-9-13(14)19(25)20(26)18(16)23(15)4;/h8-10H,5-7,11H2,1-4H3;1H. The van der Waals surface area contributed by atoms with Gasteiger partial charge in [0.1, 0.15) is 5.69 Å². The fraction of sp³-hybridized carbons (Fsp3) is 0.381. The lowest BCUT2D eigenvalue weighted by Crippen LogP contribution is -2.26. The number of rotatable bonds is 6. The van der Waals surface area contributed by atoms with E-state index in [1.807, 2.05) is 13.8 Å². The van der Waals surface area contributed by atoms with Crippen LogP contribution in [0.15, 0.2) is 22.7 Å². The van der Waals surface area contributed by atoms with E-state index >= 15 is 0 Å². The predicted octanol–water partition coefficient (Wildman–Crippen LogP) is 4.27. The minimum atomic E-state index is -0.594. The number of halogens is 2. The lowest BCUT2D eigenvalue weighted by molar-refractivity contribution is 0.0524. The molecule has 0 saturated heterocycles. The van der Waals surface area contributed by atoms with Crippen molar-refractivity contribution >= 4 is 45.9 Å². The van der Waals surface area contributed by atoms with Gasteiger partial charge in [-0.2, -0.15) is 0 Å². The van der Waals surface area contributed by atoms with E-state index in [0.29, 0.717) is 34.5 Å². The number of Topliss-reactive ketones (excluding diaryl/α,β-unsaturated/α-hetero) is 2. The molecular weight excluding hydrogens is 460 g/mol. The van der Waals surface area contributed by atoms with Crippen molar-refractivity contribution in [2.24, 2.45) is 7.05 Å². The van der Waals surface area contributed by atoms with Crippen molar-refractivity contribution in [1.82, 2.24) is 9.47 Å². The second-order valence-corrected chi connectivity index (χ2v) is 7.55. The number of ether oxygens (including phenoxy) is 1. The van der Waals surface area contributed by atoms with E-state index < -0.39 is 17.5 Å². The molecule has 0 atom stereocenters. The van der Waals surface area contributed by atoms with Gasteiger partial charge in [0.2, 0.25) is 5.78 Å². The number of carbonyl (C=O) groups excluding carboxylic acids is 3. The molecule has 1 aliphatic rings. The van der Waals surface area contributed by atoms with Gasteiger partial charge in [-0.25, -0.2) is 4.79 Å². The monoisotopic (exact) mass is 482 g/mol. The molecule has 0 radical (unpaired) electrons. The zero-order chi connectivity index (χ0) is 20.6. The van der Waals surface area contributed by atoms with Gasteiger partial charge in [0.05, 0.1) is 12.2 Å². The molecule has 29 heavy (non-hydrogen) atoms. The highest BCUT2D eigenvalue weighted by Crippen LogP contribution is 2.41. The van der Waals surface area contributed by atoms with E-state index in [0.717, 1.165) is 17.6 Å². The van der Waals surface area contributed by atoms with Crippen molar-refractivity contribution in [2.75, 3.05) is 19.7 Å². The van der Waals surface area contributed by atoms with Gasteiger partial charge in [0.25, 0.3) is 5.78 Å². The van der Waals surface area contributed by atoms with E-state index in [9.17, 15) is 14.4 Å². The molecule has 0 fully saturated rings. The Morgan fingerprint density at radius 1 is 1.10 bits per heavy atom. The number of benzene rings is 1. The second-order valence-electron chi connectivity index (χ2n) is 6.63. The zero-order valence-corrected chi connectivity index (χ0v) is 19.3. The summed E-state index contributed by atoms with van der Waals surface area (Å²) >= 11 is 3.43. The molecule has 3 rings (SSSR count). The van der Waals surface area contributed by atoms with Gasteiger partial charge >= 0.3 is 5.97 Å². The summed E-state index contributed by atoms with van der Waals surface area (Å²) in [5.74, 6) is -1.63. The molecule has 0 aliphatic heterocycles. The van der Waals surface area contributed by atoms with Crippen LogP contribution in [0.4, 0.5) is 0 Å². The van der Waals surface area contributed by atoms with Gasteiger partial charge in [-0.05, 0) is 43.8 Å². The van der Waals surface area contributed by atoms with Gasteiger partial charge in [-0.1, -0.05) is 29.8 Å². The summed E-state index contributed by atoms with van der Waals surface area (Å²) in [5.41, 5.74) is 2.68. The Hall–Kier alpha value is -1.96. The van der Waals surface area contributed by atoms with Crippen molar-refractivity contribution in [2.45, 2.75) is 27.3 Å². The number of nitrogens with zero attached hydrogens (tertiary/aromatic N) is 2. The minimum Gasteiger partial charge on any atom is -0.462 e. The van der Waals surface area contributed by atoms with Crippen LogP contribution in [0.2, 0.25) is 0 Å². The molecule has 1 heterocycles. The molecule has 0 spiro atoms. The van der Waals surface area contributed by atoms with E-state index in [2.05, 4.69) is 20.8 Å². The molecule has 1 aliphatic carbocycles. The summed E-state index contributed by atoms with van der Waals surface area (Å²) < 4.78 is 7.78. The van der Waals surface area contributed by atoms with E-state index in [4.69, 9.17) is 4.74 Å². The lowest BCUT2D eigenvalue weighted by Gasteiger charge is -2.19. The number of hydrogen-bond donors (Lipinski definition) is 0. The zero-order valence-electron chi connectivity index (χ0n) is 16.9. The number of fused-ring (bicyclic) bond motifs is 3. The van der Waals surface area contributed by atoms with Gasteiger partial charge in [0.15, 0.2) is 0 Å². The van der Waals surface area contributed by atoms with Crippen LogP contribution in [0, 0.1) is 0 Å². The highest BCUT2D eigenvalue weighted by Gasteiger charge is 2.39. The first-order valence-corrected chi connectivity index (χ1v) is 10.1. The van der Waals surface area contributed by atoms with Crippen molar-refractivity contribution in [3.63, 3.8) is 0 Å². The summed E-state index contributed by atoms with van der Waals surface area (Å²) in [6.45, 7) is 8.12. The third-order valence-electron chi connectivity index (χ3n) is 5.18. The van der Waals surface area contributed by atoms with Crippen LogP contribution in [-0.2, 0) is 18.3 Å². The molecule has 0 saturated carbocycles. The van der Waals surface area contributed by atoms with Crippen LogP contribution in [0.25, 0.3) is 11.1 Å². The Balaban J connectivity index is 0.00000300. The highest BCUT2D eigenvalue weighted by atomic mass is 79.9. The fourth-order valence-electron chi connectivity index (χ4n) is 3.68. The molecule has 0 unspecified atom stereocenters. The lowest BCUT2D eigenvalue weighted by atomic mass is 9.85. The average molecular weight is 484 g/mol. The quantitative estimate of drug-likeness (QED) is 0.453. The molecule has 8 heteroatoms. The Labute approximate surface area is 184 Å². The highest BCUT2D eigenvalue weighted by molar-refractivity contribution is 9.10. The first-order valence-electron chi connectivity index (χ1n) is 9.35. The molecular formula is C21H24BrClN2O4. The summed E-state index contributed by atoms with van der Waals surface area (Å²) in [7, 11) is 1.73. The van der Waals surface area contributed by atoms with Crippen LogP contribution < -0.4 is 0 Å². The molecule has 0 bridgehead atoms. The van der Waals surface area contributed by atoms with Gasteiger partial charge in [-0.3, -0.25) is 14.5 Å². The average Bonchev–Trinajstić information content (AvgIpc) is 2.96. The van der Waals surface area contributed by atoms with Gasteiger partial charge in [0, 0.05) is 34.9 Å². The molecule has 6 nitrogen and oxygen atoms in total. The van der Waals surface area contributed by atoms with Crippen molar-refractivity contribution < 1.29 is 19.1 Å². The minimum absolute atomic E-state index is 0. The number of hydrogen-bond acceptors (Lipinski definition) is 5. The first kappa shape index (κ1) is 23.3. The Morgan fingerprint density at radius 3 is 2.34 bits per heavy atom. The molecule has 1 aromatic carbocycles. The van der Waals surface area contributed by atoms with Crippen LogP contribution in [0.3, 0.4) is 0 Å². The molecule has 156 valence electrons. The smallest absolute Gasteiger partial charge is 0.340 e. The van der Waals surface area contributed by atoms with E-state index in [-0.39, 0.29) is 24.7 Å². The summed E-state index contributed by atoms with van der Waals surface area (Å²) in [5, 5.41) is 0. The maximum atomic E-state index is 12.9. The Kier molecular flexibility index (Phi) is 7.43. The number of ketones is 2. The Bertz CT molecular complexity index is 980. The number of aromatic nitrogens is 1. The summed E-state index contributed by atoms with van der Waals surface area (Å²) in [4.78, 5) is 40.7. The predicted molar refractivity (Wildman–Crippen MR) is 117 cm³/mol. The largest absolute Gasteiger partial charge is 0.462 e. The topological polar surface area (TPSA) is 68.6 Å². The first-order chi connectivity index (χ1) is 13.3. The number of carbonyl (C=O) groups is 3. The maximum absolute atomic E-state index is 12.9. The van der Waals surface area contributed by atoms with Crippen LogP contribution in [0.1, 0.15) is 57.7 Å². The third kappa shape index (κ3) is 3.91. The molecule has 0 N–H and O–H groups in total. The molecule has 0 amide bonds. The van der Waals surface area contributed by atoms with E-state index in [1.54, 1.807) is 36.7 Å². The van der Waals surface area contributed by atoms with Crippen LogP contribution in [0.5, 0.6) is 0 Å². The molecule has 2 aromatic rings. The Morgan fingerprint density at radius 2 is 1.76 bits per heavy atom. The normalized spacial score (nSPS) is 12.5.